The number of amides is 4. The molecule has 5 N–H and O–H groups in total. The normalized spacial score (nSPS) is 21.4. The molecule has 2 saturated heterocycles. The zero-order chi connectivity index (χ0) is 38.5. The van der Waals surface area contributed by atoms with Crippen LogP contribution in [0.5, 0.6) is 0 Å². The Morgan fingerprint density at radius 1 is 0.782 bits per heavy atom. The number of methoxy groups -OCH3 is 2. The van der Waals surface area contributed by atoms with E-state index in [0.29, 0.717) is 44.8 Å². The van der Waals surface area contributed by atoms with Crippen molar-refractivity contribution in [3.05, 3.63) is 72.6 Å². The molecular weight excluding hydrogens is 704 g/mol. The Hall–Kier alpha value is -5.70. The lowest BCUT2D eigenvalue weighted by atomic mass is 10.0. The lowest BCUT2D eigenvalue weighted by molar-refractivity contribution is -0.139. The molecule has 7 rings (SSSR count). The molecule has 2 unspecified atom stereocenters. The Bertz CT molecular complexity index is 1980. The Kier molecular flexibility index (Phi) is 11.5. The minimum atomic E-state index is -0.838. The maximum absolute atomic E-state index is 13.6. The third-order valence-corrected chi connectivity index (χ3v) is 11.0. The van der Waals surface area contributed by atoms with Gasteiger partial charge in [0.1, 0.15) is 23.8 Å². The van der Waals surface area contributed by atoms with Gasteiger partial charge in [-0.15, -0.1) is 0 Å². The molecule has 2 aromatic heterocycles. The molecule has 0 bridgehead atoms. The number of hydrogen-bond donors (Lipinski definition) is 4. The number of imidazole rings is 2. The van der Waals surface area contributed by atoms with Gasteiger partial charge in [-0.25, -0.2) is 19.6 Å². The number of nitrogens with one attached hydrogen (secondary N) is 3. The Labute approximate surface area is 319 Å². The number of nitrogens with two attached hydrogens (primary N) is 1. The first kappa shape index (κ1) is 37.6. The topological polar surface area (TPSA) is 198 Å². The van der Waals surface area contributed by atoms with Crippen LogP contribution in [0.1, 0.15) is 75.1 Å². The first-order valence-electron chi connectivity index (χ1n) is 19.0. The van der Waals surface area contributed by atoms with Crippen molar-refractivity contribution in [1.29, 1.82) is 0 Å². The van der Waals surface area contributed by atoms with E-state index in [4.69, 9.17) is 19.9 Å². The Balaban J connectivity index is 0.988. The number of ether oxygens (including phenoxy) is 3. The summed E-state index contributed by atoms with van der Waals surface area (Å²) in [6.07, 6.45) is 7.40. The molecule has 0 radical (unpaired) electrons. The molecule has 1 saturated carbocycles. The summed E-state index contributed by atoms with van der Waals surface area (Å²) in [4.78, 5) is 70.3. The van der Waals surface area contributed by atoms with Crippen LogP contribution in [0.15, 0.2) is 60.9 Å². The molecule has 3 fully saturated rings. The van der Waals surface area contributed by atoms with Crippen LogP contribution < -0.4 is 11.1 Å². The third-order valence-electron chi connectivity index (χ3n) is 11.0. The molecule has 290 valence electrons. The summed E-state index contributed by atoms with van der Waals surface area (Å²) < 4.78 is 15.2. The second-order valence-electron chi connectivity index (χ2n) is 14.4. The van der Waals surface area contributed by atoms with Crippen LogP contribution in [-0.2, 0) is 23.8 Å². The minimum absolute atomic E-state index is 0.00144. The highest BCUT2D eigenvalue weighted by atomic mass is 16.6. The highest BCUT2D eigenvalue weighted by Crippen LogP contribution is 2.38. The van der Waals surface area contributed by atoms with Gasteiger partial charge in [0.05, 0.1) is 48.9 Å². The summed E-state index contributed by atoms with van der Waals surface area (Å²) >= 11 is 0. The van der Waals surface area contributed by atoms with Gasteiger partial charge in [-0.3, -0.25) is 9.59 Å². The predicted octanol–water partition coefficient (Wildman–Crippen LogP) is 5.49. The lowest BCUT2D eigenvalue weighted by Gasteiger charge is -2.28. The number of carbonyl (C=O) groups excluding carboxylic acids is 4. The summed E-state index contributed by atoms with van der Waals surface area (Å²) in [5.41, 5.74) is 11.0. The maximum atomic E-state index is 13.6. The average molecular weight is 753 g/mol. The molecule has 4 aromatic rings. The fourth-order valence-electron chi connectivity index (χ4n) is 8.23. The monoisotopic (exact) mass is 752 g/mol. The average Bonchev–Trinajstić information content (AvgIpc) is 4.05. The number of alkyl carbamates (subject to hydrolysis) is 1. The van der Waals surface area contributed by atoms with E-state index < -0.39 is 24.3 Å². The Morgan fingerprint density at radius 3 is 1.87 bits per heavy atom. The smallest absolute Gasteiger partial charge is 0.407 e. The van der Waals surface area contributed by atoms with E-state index in [-0.39, 0.29) is 29.8 Å². The standard InChI is InChI=1S/C40H48N8O7/c1-53-21-18-29(46-40(52)54-2)38(50)48-20-5-8-33(48)36-43-23-31(45-36)27-16-12-25(13-17-27)24-10-14-26(15-11-24)30-22-42-35(44-30)32-7-4-19-47(32)37(49)28-6-3-9-34(28)55-39(41)51/h10-17,22-23,28-29,32-34H,3-9,18-21H2,1-2H3,(H2,41,51)(H,42,44)(H,43,45)(H,46,52)/t28-,29-,32?,33?,34-/m0/s1. The van der Waals surface area contributed by atoms with E-state index in [1.165, 1.54) is 7.11 Å². The number of nitrogens with zero attached hydrogens (tertiary/aromatic N) is 4. The van der Waals surface area contributed by atoms with Crippen molar-refractivity contribution in [2.45, 2.75) is 75.6 Å². The van der Waals surface area contributed by atoms with E-state index in [2.05, 4.69) is 61.7 Å². The van der Waals surface area contributed by atoms with Gasteiger partial charge in [-0.1, -0.05) is 48.5 Å². The SMILES string of the molecule is COCC[C@H](NC(=O)OC)C(=O)N1CCCC1c1ncc(-c2ccc(-c3ccc(-c4cnc(C5CCCN5C(=O)[C@H]5CCC[C@@H]5OC(N)=O)[nH]4)cc3)cc2)[nH]1. The van der Waals surface area contributed by atoms with Crippen LogP contribution in [0.2, 0.25) is 0 Å². The van der Waals surface area contributed by atoms with Crippen molar-refractivity contribution in [3.63, 3.8) is 0 Å². The zero-order valence-corrected chi connectivity index (χ0v) is 31.2. The number of likely N-dealkylation sites (tertiary alicyclic amines) is 2. The maximum Gasteiger partial charge on any atom is 0.407 e. The molecule has 3 aliphatic rings. The number of benzene rings is 2. The minimum Gasteiger partial charge on any atom is -0.453 e. The van der Waals surface area contributed by atoms with Gasteiger partial charge in [-0.2, -0.15) is 0 Å². The summed E-state index contributed by atoms with van der Waals surface area (Å²) in [7, 11) is 2.83. The van der Waals surface area contributed by atoms with Crippen molar-refractivity contribution in [2.24, 2.45) is 11.7 Å². The molecule has 4 heterocycles. The van der Waals surface area contributed by atoms with Crippen LogP contribution >= 0.6 is 0 Å². The van der Waals surface area contributed by atoms with Crippen LogP contribution in [0.25, 0.3) is 33.6 Å². The summed E-state index contributed by atoms with van der Waals surface area (Å²) in [5, 5.41) is 2.65. The van der Waals surface area contributed by atoms with E-state index >= 15 is 0 Å². The molecule has 15 nitrogen and oxygen atoms in total. The van der Waals surface area contributed by atoms with Gasteiger partial charge < -0.3 is 45.0 Å². The first-order chi connectivity index (χ1) is 26.7. The highest BCUT2D eigenvalue weighted by molar-refractivity contribution is 5.86. The molecule has 55 heavy (non-hydrogen) atoms. The quantitative estimate of drug-likeness (QED) is 0.145. The number of aromatic amines is 2. The summed E-state index contributed by atoms with van der Waals surface area (Å²) in [6.45, 7) is 1.53. The fourth-order valence-corrected chi connectivity index (χ4v) is 8.23. The van der Waals surface area contributed by atoms with Gasteiger partial charge in [0.15, 0.2) is 0 Å². The van der Waals surface area contributed by atoms with E-state index in [1.807, 2.05) is 23.2 Å². The number of carbonyl (C=O) groups is 4. The van der Waals surface area contributed by atoms with Crippen molar-refractivity contribution in [3.8, 4) is 33.6 Å². The molecule has 1 aliphatic carbocycles. The van der Waals surface area contributed by atoms with Crippen LogP contribution in [0, 0.1) is 5.92 Å². The summed E-state index contributed by atoms with van der Waals surface area (Å²) in [6, 6.07) is 15.3. The van der Waals surface area contributed by atoms with Gasteiger partial charge >= 0.3 is 12.2 Å². The number of rotatable bonds is 12. The number of aromatic nitrogens is 4. The van der Waals surface area contributed by atoms with Crippen molar-refractivity contribution in [2.75, 3.05) is 33.9 Å². The zero-order valence-electron chi connectivity index (χ0n) is 31.2. The number of H-pyrrole nitrogens is 2. The molecular formula is C40H48N8O7. The van der Waals surface area contributed by atoms with Crippen molar-refractivity contribution < 1.29 is 33.4 Å². The van der Waals surface area contributed by atoms with Crippen molar-refractivity contribution in [1.82, 2.24) is 35.1 Å². The summed E-state index contributed by atoms with van der Waals surface area (Å²) in [5.74, 6) is 0.896. The van der Waals surface area contributed by atoms with Crippen molar-refractivity contribution >= 4 is 24.0 Å². The molecule has 2 aliphatic heterocycles. The van der Waals surface area contributed by atoms with Crippen LogP contribution in [0.3, 0.4) is 0 Å². The van der Waals surface area contributed by atoms with Gasteiger partial charge in [0.2, 0.25) is 11.8 Å². The van der Waals surface area contributed by atoms with Crippen LogP contribution in [-0.4, -0.2) is 99.8 Å². The molecule has 0 spiro atoms. The van der Waals surface area contributed by atoms with Gasteiger partial charge in [0, 0.05) is 33.2 Å². The van der Waals surface area contributed by atoms with E-state index in [1.54, 1.807) is 18.2 Å². The third kappa shape index (κ3) is 8.21. The van der Waals surface area contributed by atoms with E-state index in [0.717, 1.165) is 71.6 Å². The largest absolute Gasteiger partial charge is 0.453 e. The van der Waals surface area contributed by atoms with E-state index in [9.17, 15) is 19.2 Å². The number of primary amides is 1. The predicted molar refractivity (Wildman–Crippen MR) is 202 cm³/mol. The molecule has 15 heteroatoms. The molecule has 2 aromatic carbocycles. The van der Waals surface area contributed by atoms with Gasteiger partial charge in [0.25, 0.3) is 0 Å². The second kappa shape index (κ2) is 16.8. The molecule has 5 atom stereocenters. The fraction of sp³-hybridized carbons (Fsp3) is 0.450. The Morgan fingerprint density at radius 2 is 1.33 bits per heavy atom. The first-order valence-corrected chi connectivity index (χ1v) is 19.0. The number of hydrogen-bond acceptors (Lipinski definition) is 9. The lowest BCUT2D eigenvalue weighted by Crippen LogP contribution is -2.49. The highest BCUT2D eigenvalue weighted by Gasteiger charge is 2.42. The molecule has 4 amide bonds. The van der Waals surface area contributed by atoms with Gasteiger partial charge in [-0.05, 0) is 67.2 Å². The second-order valence-corrected chi connectivity index (χ2v) is 14.4. The van der Waals surface area contributed by atoms with Crippen LogP contribution in [0.4, 0.5) is 9.59 Å².